The number of anilines is 1. The van der Waals surface area contributed by atoms with Gasteiger partial charge in [-0.25, -0.2) is 4.98 Å². The summed E-state index contributed by atoms with van der Waals surface area (Å²) in [6.07, 6.45) is 0.859. The number of carbonyl (C=O) groups excluding carboxylic acids is 1. The maximum atomic E-state index is 12.4. The third-order valence-corrected chi connectivity index (χ3v) is 5.02. The van der Waals surface area contributed by atoms with E-state index in [0.717, 1.165) is 56.3 Å². The minimum atomic E-state index is -0.128. The molecule has 0 bridgehead atoms. The topological polar surface area (TPSA) is 63.7 Å². The molecule has 2 aromatic rings. The van der Waals surface area contributed by atoms with Gasteiger partial charge in [0, 0.05) is 37.0 Å². The molecule has 1 N–H and O–H groups in total. The lowest BCUT2D eigenvalue weighted by Gasteiger charge is -2.25. The first kappa shape index (κ1) is 15.6. The number of rotatable bonds is 4. The van der Waals surface area contributed by atoms with Gasteiger partial charge in [0.25, 0.3) is 5.91 Å². The van der Waals surface area contributed by atoms with Crippen LogP contribution in [0, 0.1) is 0 Å². The largest absolute Gasteiger partial charge is 0.493 e. The van der Waals surface area contributed by atoms with Gasteiger partial charge in [-0.1, -0.05) is 0 Å². The number of thiazole rings is 1. The second kappa shape index (κ2) is 6.88. The average molecular weight is 345 g/mol. The van der Waals surface area contributed by atoms with Crippen molar-refractivity contribution in [1.29, 1.82) is 0 Å². The molecule has 24 heavy (non-hydrogen) atoms. The molecule has 4 rings (SSSR count). The molecule has 3 heterocycles. The number of hydrogen-bond donors (Lipinski definition) is 1. The molecule has 2 aliphatic rings. The summed E-state index contributed by atoms with van der Waals surface area (Å²) in [6.45, 7) is 4.89. The van der Waals surface area contributed by atoms with E-state index in [1.807, 2.05) is 17.5 Å². The van der Waals surface area contributed by atoms with Crippen molar-refractivity contribution < 1.29 is 14.3 Å². The Morgan fingerprint density at radius 1 is 1.29 bits per heavy atom. The lowest BCUT2D eigenvalue weighted by atomic mass is 10.1. The van der Waals surface area contributed by atoms with E-state index in [9.17, 15) is 4.79 Å². The normalized spacial score (nSPS) is 17.3. The third-order valence-electron chi connectivity index (χ3n) is 4.21. The molecule has 1 aromatic heterocycles. The van der Waals surface area contributed by atoms with Gasteiger partial charge in [0.05, 0.1) is 25.5 Å². The van der Waals surface area contributed by atoms with Crippen LogP contribution in [0.5, 0.6) is 5.75 Å². The molecular weight excluding hydrogens is 326 g/mol. The highest BCUT2D eigenvalue weighted by atomic mass is 32.1. The van der Waals surface area contributed by atoms with Gasteiger partial charge in [0.2, 0.25) is 0 Å². The van der Waals surface area contributed by atoms with E-state index in [1.54, 1.807) is 6.07 Å². The molecule has 6 nitrogen and oxygen atoms in total. The second-order valence-electron chi connectivity index (χ2n) is 5.91. The Hall–Kier alpha value is -1.96. The smallest absolute Gasteiger partial charge is 0.257 e. The van der Waals surface area contributed by atoms with Crippen LogP contribution < -0.4 is 10.1 Å². The molecule has 7 heteroatoms. The number of ether oxygens (including phenoxy) is 2. The van der Waals surface area contributed by atoms with E-state index in [2.05, 4.69) is 15.2 Å². The van der Waals surface area contributed by atoms with Crippen LogP contribution in [-0.4, -0.2) is 48.7 Å². The zero-order chi connectivity index (χ0) is 16.4. The molecule has 0 spiro atoms. The maximum Gasteiger partial charge on any atom is 0.257 e. The Balaban J connectivity index is 1.39. The third kappa shape index (κ3) is 3.43. The van der Waals surface area contributed by atoms with Crippen molar-refractivity contribution in [1.82, 2.24) is 9.88 Å². The monoisotopic (exact) mass is 345 g/mol. The summed E-state index contributed by atoms with van der Waals surface area (Å²) in [5.74, 6) is 0.755. The van der Waals surface area contributed by atoms with E-state index in [0.29, 0.717) is 17.3 Å². The Labute approximate surface area is 144 Å². The van der Waals surface area contributed by atoms with E-state index < -0.39 is 0 Å². The van der Waals surface area contributed by atoms with Crippen molar-refractivity contribution in [2.24, 2.45) is 0 Å². The standard InChI is InChI=1S/C17H19N3O3S/c21-16(13-1-2-15-12(9-13)3-6-23-15)19-17-18-14(11-24-17)10-20-4-7-22-8-5-20/h1-2,9,11H,3-8,10H2,(H,18,19,21). The van der Waals surface area contributed by atoms with Crippen molar-refractivity contribution in [3.05, 3.63) is 40.4 Å². The van der Waals surface area contributed by atoms with Crippen LogP contribution >= 0.6 is 11.3 Å². The van der Waals surface area contributed by atoms with Crippen molar-refractivity contribution in [2.45, 2.75) is 13.0 Å². The molecule has 1 aromatic carbocycles. The predicted octanol–water partition coefficient (Wildman–Crippen LogP) is 2.16. The SMILES string of the molecule is O=C(Nc1nc(CN2CCOCC2)cs1)c1ccc2c(c1)CCO2. The molecule has 1 saturated heterocycles. The van der Waals surface area contributed by atoms with Gasteiger partial charge < -0.3 is 9.47 Å². The molecule has 1 fully saturated rings. The van der Waals surface area contributed by atoms with Gasteiger partial charge in [-0.2, -0.15) is 0 Å². The summed E-state index contributed by atoms with van der Waals surface area (Å²) in [7, 11) is 0. The van der Waals surface area contributed by atoms with Crippen LogP contribution in [0.15, 0.2) is 23.6 Å². The number of fused-ring (bicyclic) bond motifs is 1. The zero-order valence-electron chi connectivity index (χ0n) is 13.3. The summed E-state index contributed by atoms with van der Waals surface area (Å²) in [5.41, 5.74) is 2.72. The molecule has 0 unspecified atom stereocenters. The molecule has 0 radical (unpaired) electrons. The maximum absolute atomic E-state index is 12.4. The Morgan fingerprint density at radius 2 is 2.17 bits per heavy atom. The van der Waals surface area contributed by atoms with Crippen LogP contribution in [-0.2, 0) is 17.7 Å². The van der Waals surface area contributed by atoms with Crippen molar-refractivity contribution >= 4 is 22.4 Å². The quantitative estimate of drug-likeness (QED) is 0.920. The number of hydrogen-bond acceptors (Lipinski definition) is 6. The Kier molecular flexibility index (Phi) is 4.46. The summed E-state index contributed by atoms with van der Waals surface area (Å²) < 4.78 is 10.8. The molecule has 0 atom stereocenters. The number of nitrogens with zero attached hydrogens (tertiary/aromatic N) is 2. The molecular formula is C17H19N3O3S. The van der Waals surface area contributed by atoms with E-state index >= 15 is 0 Å². The summed E-state index contributed by atoms with van der Waals surface area (Å²) in [4.78, 5) is 19.2. The van der Waals surface area contributed by atoms with E-state index in [-0.39, 0.29) is 5.91 Å². The van der Waals surface area contributed by atoms with Gasteiger partial charge in [-0.05, 0) is 23.8 Å². The fourth-order valence-corrected chi connectivity index (χ4v) is 3.62. The zero-order valence-corrected chi connectivity index (χ0v) is 14.1. The fraction of sp³-hybridized carbons (Fsp3) is 0.412. The van der Waals surface area contributed by atoms with Gasteiger partial charge in [0.15, 0.2) is 5.13 Å². The first-order valence-corrected chi connectivity index (χ1v) is 8.97. The Bertz CT molecular complexity index is 740. The number of morpholine rings is 1. The number of amides is 1. The number of carbonyl (C=O) groups is 1. The Morgan fingerprint density at radius 3 is 3.04 bits per heavy atom. The summed E-state index contributed by atoms with van der Waals surface area (Å²) in [6, 6.07) is 5.56. The summed E-state index contributed by atoms with van der Waals surface area (Å²) in [5, 5.41) is 5.53. The minimum Gasteiger partial charge on any atom is -0.493 e. The van der Waals surface area contributed by atoms with E-state index in [1.165, 1.54) is 11.3 Å². The molecule has 0 aliphatic carbocycles. The predicted molar refractivity (Wildman–Crippen MR) is 91.8 cm³/mol. The molecule has 2 aliphatic heterocycles. The fourth-order valence-electron chi connectivity index (χ4n) is 2.92. The first-order chi connectivity index (χ1) is 11.8. The minimum absolute atomic E-state index is 0.128. The molecule has 126 valence electrons. The van der Waals surface area contributed by atoms with Crippen molar-refractivity contribution in [3.8, 4) is 5.75 Å². The van der Waals surface area contributed by atoms with Crippen LogP contribution in [0.25, 0.3) is 0 Å². The van der Waals surface area contributed by atoms with Gasteiger partial charge >= 0.3 is 0 Å². The number of nitrogens with one attached hydrogen (secondary N) is 1. The summed E-state index contributed by atoms with van der Waals surface area (Å²) >= 11 is 1.46. The number of aromatic nitrogens is 1. The average Bonchev–Trinajstić information content (AvgIpc) is 3.24. The van der Waals surface area contributed by atoms with E-state index in [4.69, 9.17) is 9.47 Å². The lowest BCUT2D eigenvalue weighted by Crippen LogP contribution is -2.35. The highest BCUT2D eigenvalue weighted by molar-refractivity contribution is 7.13. The highest BCUT2D eigenvalue weighted by Gasteiger charge is 2.17. The first-order valence-electron chi connectivity index (χ1n) is 8.09. The van der Waals surface area contributed by atoms with Gasteiger partial charge in [-0.15, -0.1) is 11.3 Å². The highest BCUT2D eigenvalue weighted by Crippen LogP contribution is 2.26. The number of benzene rings is 1. The van der Waals surface area contributed by atoms with Crippen LogP contribution in [0.3, 0.4) is 0 Å². The van der Waals surface area contributed by atoms with Crippen LogP contribution in [0.1, 0.15) is 21.6 Å². The van der Waals surface area contributed by atoms with Crippen molar-refractivity contribution in [3.63, 3.8) is 0 Å². The molecule has 1 amide bonds. The van der Waals surface area contributed by atoms with Crippen LogP contribution in [0.4, 0.5) is 5.13 Å². The lowest BCUT2D eigenvalue weighted by molar-refractivity contribution is 0.0337. The van der Waals surface area contributed by atoms with Gasteiger partial charge in [0.1, 0.15) is 5.75 Å². The molecule has 0 saturated carbocycles. The van der Waals surface area contributed by atoms with Crippen molar-refractivity contribution in [2.75, 3.05) is 38.2 Å². The van der Waals surface area contributed by atoms with Gasteiger partial charge in [-0.3, -0.25) is 15.0 Å². The van der Waals surface area contributed by atoms with Crippen LogP contribution in [0.2, 0.25) is 0 Å². The second-order valence-corrected chi connectivity index (χ2v) is 6.77.